The Morgan fingerprint density at radius 1 is 0.523 bits per heavy atom. The molecule has 65 heavy (non-hydrogen) atoms. The van der Waals surface area contributed by atoms with Crippen molar-refractivity contribution >= 4 is 5.91 Å². The highest BCUT2D eigenvalue weighted by Gasteiger charge is 2.44. The van der Waals surface area contributed by atoms with Gasteiger partial charge in [-0.25, -0.2) is 0 Å². The summed E-state index contributed by atoms with van der Waals surface area (Å²) in [6, 6.07) is -0.826. The molecule has 0 aromatic carbocycles. The van der Waals surface area contributed by atoms with E-state index in [0.717, 1.165) is 51.4 Å². The Morgan fingerprint density at radius 2 is 0.923 bits per heavy atom. The maximum absolute atomic E-state index is 13.0. The normalized spacial score (nSPS) is 20.4. The van der Waals surface area contributed by atoms with E-state index in [1.165, 1.54) is 161 Å². The van der Waals surface area contributed by atoms with E-state index in [1.807, 2.05) is 6.08 Å². The molecule has 0 radical (unpaired) electrons. The molecule has 0 spiro atoms. The second-order valence-electron chi connectivity index (χ2n) is 18.7. The third-order valence-electron chi connectivity index (χ3n) is 12.6. The molecule has 1 fully saturated rings. The van der Waals surface area contributed by atoms with Gasteiger partial charge in [-0.3, -0.25) is 4.79 Å². The maximum atomic E-state index is 13.0. The number of carbonyl (C=O) groups excluding carboxylic acids is 1. The largest absolute Gasteiger partial charge is 0.394 e. The number of hydrogen-bond donors (Lipinski definition) is 6. The first kappa shape index (κ1) is 60.9. The van der Waals surface area contributed by atoms with E-state index in [0.29, 0.717) is 6.42 Å². The number of aliphatic hydroxyl groups is 5. The lowest BCUT2D eigenvalue weighted by Gasteiger charge is -2.40. The van der Waals surface area contributed by atoms with Crippen LogP contribution in [0.2, 0.25) is 0 Å². The number of nitrogens with one attached hydrogen (secondary N) is 1. The third-order valence-corrected chi connectivity index (χ3v) is 12.6. The highest BCUT2D eigenvalue weighted by molar-refractivity contribution is 5.76. The average Bonchev–Trinajstić information content (AvgIpc) is 3.31. The number of aliphatic hydroxyl groups excluding tert-OH is 5. The molecule has 9 nitrogen and oxygen atoms in total. The van der Waals surface area contributed by atoms with Gasteiger partial charge in [-0.05, 0) is 70.6 Å². The second-order valence-corrected chi connectivity index (χ2v) is 18.7. The number of ether oxygens (including phenoxy) is 2. The van der Waals surface area contributed by atoms with Crippen LogP contribution in [-0.4, -0.2) is 87.5 Å². The van der Waals surface area contributed by atoms with Gasteiger partial charge in [0.25, 0.3) is 0 Å². The molecule has 6 N–H and O–H groups in total. The lowest BCUT2D eigenvalue weighted by Crippen LogP contribution is -2.60. The van der Waals surface area contributed by atoms with Crippen LogP contribution in [0.5, 0.6) is 0 Å². The van der Waals surface area contributed by atoms with Crippen molar-refractivity contribution in [2.75, 3.05) is 13.2 Å². The zero-order valence-corrected chi connectivity index (χ0v) is 41.7. The molecule has 1 saturated heterocycles. The van der Waals surface area contributed by atoms with Crippen molar-refractivity contribution in [3.05, 3.63) is 60.8 Å². The first-order valence-corrected chi connectivity index (χ1v) is 27.0. The quantitative estimate of drug-likeness (QED) is 0.0261. The van der Waals surface area contributed by atoms with Gasteiger partial charge in [0.15, 0.2) is 6.29 Å². The topological polar surface area (TPSA) is 149 Å². The zero-order valence-electron chi connectivity index (χ0n) is 41.7. The van der Waals surface area contributed by atoms with E-state index in [4.69, 9.17) is 9.47 Å². The Morgan fingerprint density at radius 3 is 1.40 bits per heavy atom. The molecule has 9 heteroatoms. The smallest absolute Gasteiger partial charge is 0.220 e. The van der Waals surface area contributed by atoms with Crippen molar-refractivity contribution in [3.63, 3.8) is 0 Å². The molecule has 1 aliphatic rings. The van der Waals surface area contributed by atoms with Gasteiger partial charge in [-0.15, -0.1) is 0 Å². The van der Waals surface area contributed by atoms with Crippen LogP contribution in [0.25, 0.3) is 0 Å². The maximum Gasteiger partial charge on any atom is 0.220 e. The summed E-state index contributed by atoms with van der Waals surface area (Å²) in [6.45, 7) is 3.75. The monoisotopic (exact) mass is 916 g/mol. The Balaban J connectivity index is 2.28. The Kier molecular flexibility index (Phi) is 42.8. The molecule has 1 heterocycles. The van der Waals surface area contributed by atoms with Crippen molar-refractivity contribution < 1.29 is 39.8 Å². The minimum Gasteiger partial charge on any atom is -0.394 e. The number of carbonyl (C=O) groups is 1. The summed E-state index contributed by atoms with van der Waals surface area (Å²) in [5, 5.41) is 54.4. The van der Waals surface area contributed by atoms with Crippen molar-refractivity contribution in [3.8, 4) is 0 Å². The third kappa shape index (κ3) is 35.7. The van der Waals surface area contributed by atoms with Crippen LogP contribution in [0.15, 0.2) is 60.8 Å². The van der Waals surface area contributed by atoms with Crippen molar-refractivity contribution in [1.29, 1.82) is 0 Å². The van der Waals surface area contributed by atoms with Crippen LogP contribution in [0.3, 0.4) is 0 Å². The van der Waals surface area contributed by atoms with Gasteiger partial charge >= 0.3 is 0 Å². The molecule has 0 aliphatic carbocycles. The van der Waals surface area contributed by atoms with Crippen LogP contribution in [0.1, 0.15) is 232 Å². The molecule has 7 unspecified atom stereocenters. The molecule has 1 rings (SSSR count). The van der Waals surface area contributed by atoms with Crippen molar-refractivity contribution in [2.24, 2.45) is 0 Å². The number of unbranched alkanes of at least 4 members (excludes halogenated alkanes) is 27. The predicted octanol–water partition coefficient (Wildman–Crippen LogP) is 12.7. The van der Waals surface area contributed by atoms with Gasteiger partial charge in [0.2, 0.25) is 5.91 Å². The molecule has 378 valence electrons. The van der Waals surface area contributed by atoms with Gasteiger partial charge in [0, 0.05) is 6.42 Å². The molecule has 7 atom stereocenters. The summed E-state index contributed by atoms with van der Waals surface area (Å²) in [5.41, 5.74) is 0. The van der Waals surface area contributed by atoms with Crippen LogP contribution in [-0.2, 0) is 14.3 Å². The number of amides is 1. The molecule has 0 aromatic heterocycles. The van der Waals surface area contributed by atoms with Gasteiger partial charge in [0.05, 0.1) is 25.4 Å². The molecule has 0 bridgehead atoms. The summed E-state index contributed by atoms with van der Waals surface area (Å²) >= 11 is 0. The van der Waals surface area contributed by atoms with E-state index in [-0.39, 0.29) is 12.5 Å². The van der Waals surface area contributed by atoms with E-state index >= 15 is 0 Å². The first-order chi connectivity index (χ1) is 31.8. The predicted molar refractivity (Wildman–Crippen MR) is 272 cm³/mol. The van der Waals surface area contributed by atoms with E-state index in [9.17, 15) is 30.3 Å². The van der Waals surface area contributed by atoms with E-state index in [2.05, 4.69) is 67.8 Å². The van der Waals surface area contributed by atoms with Crippen LogP contribution < -0.4 is 5.32 Å². The molecule has 1 aliphatic heterocycles. The summed E-state index contributed by atoms with van der Waals surface area (Å²) in [5.74, 6) is -0.192. The fourth-order valence-corrected chi connectivity index (χ4v) is 8.24. The molecule has 0 aromatic rings. The Bertz CT molecular complexity index is 1200. The lowest BCUT2D eigenvalue weighted by atomic mass is 9.99. The summed E-state index contributed by atoms with van der Waals surface area (Å²) < 4.78 is 11.2. The SMILES string of the molecule is CCCCCCC/C=C\C/C=C\C/C=C\CCCCCCCCCCCCC(=O)NC(COC1OC(CO)C(O)C(O)C1O)C(O)/C=C/CC/C=C/CCCCCCCCCCCCC. The van der Waals surface area contributed by atoms with Crippen molar-refractivity contribution in [2.45, 2.75) is 275 Å². The highest BCUT2D eigenvalue weighted by atomic mass is 16.7. The minimum atomic E-state index is -1.57. The van der Waals surface area contributed by atoms with Gasteiger partial charge in [-0.2, -0.15) is 0 Å². The standard InChI is InChI=1S/C56H101NO8/c1-3-5-7-9-11-13-15-17-19-21-22-23-24-25-26-27-28-30-32-34-36-38-40-42-44-46-52(60)57-49(48-64-56-55(63)54(62)53(61)51(47-58)65-56)50(59)45-43-41-39-37-35-33-31-29-20-18-16-14-12-10-8-6-4-2/h15,17,21-22,24-25,35,37,43,45,49-51,53-56,58-59,61-63H,3-14,16,18-20,23,26-34,36,38-42,44,46-48H2,1-2H3,(H,57,60)/b17-15-,22-21-,25-24-,37-35+,45-43+. The van der Waals surface area contributed by atoms with Crippen LogP contribution in [0.4, 0.5) is 0 Å². The average molecular weight is 916 g/mol. The summed E-state index contributed by atoms with van der Waals surface area (Å²) in [6.07, 6.45) is 54.1. The fourth-order valence-electron chi connectivity index (χ4n) is 8.24. The Labute approximate surface area is 398 Å². The van der Waals surface area contributed by atoms with Crippen LogP contribution in [0, 0.1) is 0 Å². The second kappa shape index (κ2) is 45.7. The minimum absolute atomic E-state index is 0.192. The van der Waals surface area contributed by atoms with Gasteiger partial charge in [-0.1, -0.05) is 216 Å². The zero-order chi connectivity index (χ0) is 47.3. The summed E-state index contributed by atoms with van der Waals surface area (Å²) in [4.78, 5) is 13.0. The van der Waals surface area contributed by atoms with E-state index in [1.54, 1.807) is 6.08 Å². The van der Waals surface area contributed by atoms with E-state index < -0.39 is 49.5 Å². The molecular formula is C56H101NO8. The molecular weight excluding hydrogens is 815 g/mol. The highest BCUT2D eigenvalue weighted by Crippen LogP contribution is 2.23. The van der Waals surface area contributed by atoms with Crippen LogP contribution >= 0.6 is 0 Å². The summed E-state index contributed by atoms with van der Waals surface area (Å²) in [7, 11) is 0. The molecule has 1 amide bonds. The molecule has 0 saturated carbocycles. The number of rotatable bonds is 45. The van der Waals surface area contributed by atoms with Gasteiger partial charge < -0.3 is 40.3 Å². The fraction of sp³-hybridized carbons (Fsp3) is 0.804. The first-order valence-electron chi connectivity index (χ1n) is 27.0. The number of hydrogen-bond acceptors (Lipinski definition) is 8. The Hall–Kier alpha value is -2.11. The number of allylic oxidation sites excluding steroid dienone is 9. The van der Waals surface area contributed by atoms with Gasteiger partial charge in [0.1, 0.15) is 24.4 Å². The van der Waals surface area contributed by atoms with Crippen molar-refractivity contribution in [1.82, 2.24) is 5.32 Å². The lowest BCUT2D eigenvalue weighted by molar-refractivity contribution is -0.302.